The maximum absolute atomic E-state index is 10.6. The Hall–Kier alpha value is -1.16. The van der Waals surface area contributed by atoms with Crippen molar-refractivity contribution in [3.63, 3.8) is 0 Å². The molecule has 1 N–H and O–H groups in total. The number of aldehydes is 1. The van der Waals surface area contributed by atoms with Gasteiger partial charge in [0, 0.05) is 12.6 Å². The van der Waals surface area contributed by atoms with E-state index in [9.17, 15) is 9.90 Å². The van der Waals surface area contributed by atoms with Gasteiger partial charge in [-0.2, -0.15) is 5.10 Å². The highest BCUT2D eigenvalue weighted by Gasteiger charge is 2.21. The highest BCUT2D eigenvalue weighted by molar-refractivity contribution is 5.61. The Balaban J connectivity index is 2.75. The summed E-state index contributed by atoms with van der Waals surface area (Å²) in [5, 5.41) is 14.0. The molecular formula is C12H20N2O2. The third-order valence-electron chi connectivity index (χ3n) is 2.77. The molecule has 0 fully saturated rings. The molecule has 0 aliphatic rings. The van der Waals surface area contributed by atoms with Crippen molar-refractivity contribution in [1.29, 1.82) is 0 Å². The van der Waals surface area contributed by atoms with Crippen LogP contribution in [0.3, 0.4) is 0 Å². The van der Waals surface area contributed by atoms with Crippen molar-refractivity contribution in [1.82, 2.24) is 9.78 Å². The monoisotopic (exact) mass is 224 g/mol. The summed E-state index contributed by atoms with van der Waals surface area (Å²) >= 11 is 0. The molecule has 1 heterocycles. The summed E-state index contributed by atoms with van der Waals surface area (Å²) in [5.41, 5.74) is -0.559. The number of carbonyl (C=O) groups is 1. The molecular weight excluding hydrogens is 204 g/mol. The zero-order chi connectivity index (χ0) is 12.2. The van der Waals surface area contributed by atoms with Gasteiger partial charge in [-0.1, -0.05) is 13.8 Å². The zero-order valence-electron chi connectivity index (χ0n) is 10.2. The fourth-order valence-corrected chi connectivity index (χ4v) is 1.75. The van der Waals surface area contributed by atoms with E-state index in [1.807, 2.05) is 16.9 Å². The minimum absolute atomic E-state index is 0.268. The van der Waals surface area contributed by atoms with Gasteiger partial charge in [0.15, 0.2) is 6.29 Å². The number of carbonyl (C=O) groups excluding carboxylic acids is 1. The first-order valence-electron chi connectivity index (χ1n) is 5.75. The van der Waals surface area contributed by atoms with E-state index in [4.69, 9.17) is 0 Å². The van der Waals surface area contributed by atoms with Crippen molar-refractivity contribution in [3.8, 4) is 0 Å². The quantitative estimate of drug-likeness (QED) is 0.749. The van der Waals surface area contributed by atoms with Gasteiger partial charge >= 0.3 is 0 Å². The van der Waals surface area contributed by atoms with Gasteiger partial charge in [0.1, 0.15) is 5.60 Å². The molecule has 1 unspecified atom stereocenters. The maximum Gasteiger partial charge on any atom is 0.151 e. The first-order valence-corrected chi connectivity index (χ1v) is 5.75. The van der Waals surface area contributed by atoms with E-state index in [0.717, 1.165) is 18.5 Å². The van der Waals surface area contributed by atoms with Gasteiger partial charge in [0.05, 0.1) is 11.7 Å². The molecule has 90 valence electrons. The molecule has 1 rings (SSSR count). The van der Waals surface area contributed by atoms with Crippen molar-refractivity contribution in [2.24, 2.45) is 0 Å². The van der Waals surface area contributed by atoms with Crippen LogP contribution in [0.25, 0.3) is 0 Å². The summed E-state index contributed by atoms with van der Waals surface area (Å²) in [7, 11) is 0. The normalized spacial score (nSPS) is 15.1. The van der Waals surface area contributed by atoms with Crippen LogP contribution in [0.2, 0.25) is 0 Å². The lowest BCUT2D eigenvalue weighted by atomic mass is 10.0. The Kier molecular flexibility index (Phi) is 4.24. The van der Waals surface area contributed by atoms with Gasteiger partial charge in [0.2, 0.25) is 0 Å². The number of hydrogen-bond acceptors (Lipinski definition) is 3. The van der Waals surface area contributed by atoms with Gasteiger partial charge in [-0.3, -0.25) is 4.68 Å². The Bertz CT molecular complexity index is 341. The summed E-state index contributed by atoms with van der Waals surface area (Å²) in [6, 6.07) is 2.26. The van der Waals surface area contributed by atoms with Crippen molar-refractivity contribution in [3.05, 3.63) is 18.0 Å². The topological polar surface area (TPSA) is 55.1 Å². The number of hydrogen-bond donors (Lipinski definition) is 1. The van der Waals surface area contributed by atoms with Crippen LogP contribution in [0.1, 0.15) is 45.3 Å². The van der Waals surface area contributed by atoms with E-state index in [2.05, 4.69) is 18.9 Å². The summed E-state index contributed by atoms with van der Waals surface area (Å²) in [4.78, 5) is 10.6. The van der Waals surface area contributed by atoms with E-state index >= 15 is 0 Å². The Morgan fingerprint density at radius 3 is 2.69 bits per heavy atom. The average molecular weight is 224 g/mol. The molecule has 0 aliphatic heterocycles. The maximum atomic E-state index is 10.6. The smallest absolute Gasteiger partial charge is 0.151 e. The van der Waals surface area contributed by atoms with Crippen LogP contribution in [-0.2, 0) is 11.2 Å². The second kappa shape index (κ2) is 5.25. The summed E-state index contributed by atoms with van der Waals surface area (Å²) in [6.07, 6.45) is 4.80. The Morgan fingerprint density at radius 2 is 2.19 bits per heavy atom. The Labute approximate surface area is 96.3 Å². The van der Waals surface area contributed by atoms with Gasteiger partial charge < -0.3 is 9.90 Å². The van der Waals surface area contributed by atoms with Crippen LogP contribution in [-0.4, -0.2) is 26.8 Å². The average Bonchev–Trinajstić information content (AvgIpc) is 2.68. The molecule has 0 saturated heterocycles. The van der Waals surface area contributed by atoms with Gasteiger partial charge in [-0.15, -0.1) is 0 Å². The largest absolute Gasteiger partial charge is 0.382 e. The molecule has 1 aromatic rings. The van der Waals surface area contributed by atoms with Crippen LogP contribution in [0.5, 0.6) is 0 Å². The predicted octanol–water partition coefficient (Wildman–Crippen LogP) is 1.74. The lowest BCUT2D eigenvalue weighted by molar-refractivity contribution is -0.122. The van der Waals surface area contributed by atoms with Crippen molar-refractivity contribution in [2.75, 3.05) is 0 Å². The van der Waals surface area contributed by atoms with E-state index in [-0.39, 0.29) is 6.42 Å². The number of nitrogens with zero attached hydrogens (tertiary/aromatic N) is 2. The molecule has 0 saturated carbocycles. The van der Waals surface area contributed by atoms with E-state index in [1.54, 1.807) is 0 Å². The van der Waals surface area contributed by atoms with Crippen molar-refractivity contribution >= 4 is 6.29 Å². The van der Waals surface area contributed by atoms with E-state index in [1.165, 1.54) is 6.92 Å². The zero-order valence-corrected chi connectivity index (χ0v) is 10.2. The second-order valence-corrected chi connectivity index (χ2v) is 4.41. The third kappa shape index (κ3) is 3.17. The molecule has 1 aromatic heterocycles. The molecule has 0 amide bonds. The van der Waals surface area contributed by atoms with Crippen molar-refractivity contribution < 1.29 is 9.90 Å². The second-order valence-electron chi connectivity index (χ2n) is 4.41. The van der Waals surface area contributed by atoms with Crippen LogP contribution >= 0.6 is 0 Å². The molecule has 0 radical (unpaired) electrons. The molecule has 16 heavy (non-hydrogen) atoms. The fourth-order valence-electron chi connectivity index (χ4n) is 1.75. The highest BCUT2D eigenvalue weighted by Crippen LogP contribution is 2.16. The number of aromatic nitrogens is 2. The first kappa shape index (κ1) is 12.9. The summed E-state index contributed by atoms with van der Waals surface area (Å²) in [6.45, 7) is 5.74. The van der Waals surface area contributed by atoms with E-state index < -0.39 is 5.60 Å². The molecule has 4 heteroatoms. The molecule has 0 bridgehead atoms. The van der Waals surface area contributed by atoms with Gasteiger partial charge in [-0.25, -0.2) is 0 Å². The minimum atomic E-state index is -1.31. The first-order chi connectivity index (χ1) is 7.52. The fraction of sp³-hybridized carbons (Fsp3) is 0.667. The number of aliphatic hydroxyl groups is 1. The molecule has 4 nitrogen and oxygen atoms in total. The van der Waals surface area contributed by atoms with Crippen LogP contribution in [0, 0.1) is 0 Å². The van der Waals surface area contributed by atoms with Gasteiger partial charge in [-0.05, 0) is 25.8 Å². The number of rotatable bonds is 6. The van der Waals surface area contributed by atoms with Gasteiger partial charge in [0.25, 0.3) is 0 Å². The van der Waals surface area contributed by atoms with Crippen LogP contribution in [0.4, 0.5) is 0 Å². The third-order valence-corrected chi connectivity index (χ3v) is 2.77. The molecule has 1 atom stereocenters. The summed E-state index contributed by atoms with van der Waals surface area (Å²) in [5.74, 6) is 0. The molecule has 0 spiro atoms. The highest BCUT2D eigenvalue weighted by atomic mass is 16.3. The minimum Gasteiger partial charge on any atom is -0.382 e. The predicted molar refractivity (Wildman–Crippen MR) is 62.2 cm³/mol. The molecule has 0 aromatic carbocycles. The lowest BCUT2D eigenvalue weighted by Crippen LogP contribution is -2.29. The lowest BCUT2D eigenvalue weighted by Gasteiger charge is -2.14. The van der Waals surface area contributed by atoms with Crippen molar-refractivity contribution in [2.45, 2.75) is 51.7 Å². The standard InChI is InChI=1S/C12H20N2O2/c1-4-11(5-2)14-7-6-10(13-14)8-12(3,16)9-15/h6-7,9,11,16H,4-5,8H2,1-3H3. The van der Waals surface area contributed by atoms with Crippen LogP contribution < -0.4 is 0 Å². The van der Waals surface area contributed by atoms with Crippen LogP contribution in [0.15, 0.2) is 12.3 Å². The molecule has 0 aliphatic carbocycles. The van der Waals surface area contributed by atoms with E-state index in [0.29, 0.717) is 12.3 Å². The Morgan fingerprint density at radius 1 is 1.56 bits per heavy atom. The SMILES string of the molecule is CCC(CC)n1ccc(CC(C)(O)C=O)n1. The summed E-state index contributed by atoms with van der Waals surface area (Å²) < 4.78 is 1.91.